The van der Waals surface area contributed by atoms with E-state index in [2.05, 4.69) is 76.9 Å². The Morgan fingerprint density at radius 3 is 2.30 bits per heavy atom. The maximum Gasteiger partial charge on any atom is 0.0376 e. The van der Waals surface area contributed by atoms with Gasteiger partial charge < -0.3 is 5.73 Å². The minimum Gasteiger partial charge on any atom is -0.398 e. The number of fused-ring (bicyclic) bond motifs is 1. The molecule has 0 radical (unpaired) electrons. The van der Waals surface area contributed by atoms with E-state index in [1.54, 1.807) is 0 Å². The normalized spacial score (nSPS) is 22.5. The van der Waals surface area contributed by atoms with E-state index >= 15 is 0 Å². The molecule has 4 atom stereocenters. The number of hydrogen-bond acceptors (Lipinski definition) is 1. The van der Waals surface area contributed by atoms with Gasteiger partial charge in [0.2, 0.25) is 0 Å². The van der Waals surface area contributed by atoms with Gasteiger partial charge in [-0.05, 0) is 65.8 Å². The highest BCUT2D eigenvalue weighted by Gasteiger charge is 2.45. The van der Waals surface area contributed by atoms with Crippen LogP contribution in [0.15, 0.2) is 36.4 Å². The number of benzene rings is 2. The second-order valence-electron chi connectivity index (χ2n) is 8.53. The monoisotopic (exact) mass is 359 g/mol. The third-order valence-electron chi connectivity index (χ3n) is 6.61. The van der Waals surface area contributed by atoms with Crippen LogP contribution in [0.1, 0.15) is 73.3 Å². The summed E-state index contributed by atoms with van der Waals surface area (Å²) >= 11 is 0. The molecule has 0 saturated heterocycles. The first kappa shape index (κ1) is 19.6. The van der Waals surface area contributed by atoms with Crippen LogP contribution in [0.5, 0.6) is 0 Å². The number of rotatable bonds is 5. The van der Waals surface area contributed by atoms with E-state index in [1.165, 1.54) is 35.1 Å². The summed E-state index contributed by atoms with van der Waals surface area (Å²) in [6.07, 6.45) is 8.46. The lowest BCUT2D eigenvalue weighted by Crippen LogP contribution is -2.27. The van der Waals surface area contributed by atoms with Crippen LogP contribution >= 0.6 is 0 Å². The van der Waals surface area contributed by atoms with Crippen LogP contribution in [0, 0.1) is 43.9 Å². The molecular formula is C26H33N. The molecule has 0 amide bonds. The number of nitrogens with two attached hydrogens (primary N) is 1. The Morgan fingerprint density at radius 2 is 1.70 bits per heavy atom. The van der Waals surface area contributed by atoms with Crippen molar-refractivity contribution in [2.45, 2.75) is 59.3 Å². The van der Waals surface area contributed by atoms with Gasteiger partial charge in [0.15, 0.2) is 0 Å². The van der Waals surface area contributed by atoms with Crippen LogP contribution < -0.4 is 5.73 Å². The Morgan fingerprint density at radius 1 is 1.04 bits per heavy atom. The summed E-state index contributed by atoms with van der Waals surface area (Å²) in [6.45, 7) is 11.1. The standard InChI is InChI=1S/C26H33N/c1-7-11-22-21-12-9-10-13-23(21)25(24(22)19(8-2)16(3)4)20-15-14-17(5)26(27)18(20)6/h2,9-10,12-16,19,22,24-25H,7,11,27H2,1,3-6H3. The highest BCUT2D eigenvalue weighted by atomic mass is 14.6. The number of nitrogen functional groups attached to an aromatic ring is 1. The number of hydrogen-bond donors (Lipinski definition) is 1. The van der Waals surface area contributed by atoms with Gasteiger partial charge >= 0.3 is 0 Å². The zero-order chi connectivity index (χ0) is 19.7. The first-order chi connectivity index (χ1) is 12.9. The van der Waals surface area contributed by atoms with Crippen molar-refractivity contribution in [1.29, 1.82) is 0 Å². The molecule has 1 aliphatic carbocycles. The van der Waals surface area contributed by atoms with Crippen LogP contribution in [0.3, 0.4) is 0 Å². The molecule has 0 aromatic heterocycles. The van der Waals surface area contributed by atoms with E-state index in [1.807, 2.05) is 0 Å². The minimum atomic E-state index is 0.251. The summed E-state index contributed by atoms with van der Waals surface area (Å²) in [5.41, 5.74) is 14.0. The van der Waals surface area contributed by atoms with Gasteiger partial charge in [-0.1, -0.05) is 63.6 Å². The summed E-state index contributed by atoms with van der Waals surface area (Å²) < 4.78 is 0. The fraction of sp³-hybridized carbons (Fsp3) is 0.462. The molecule has 142 valence electrons. The van der Waals surface area contributed by atoms with Crippen molar-refractivity contribution in [2.24, 2.45) is 17.8 Å². The third-order valence-corrected chi connectivity index (χ3v) is 6.61. The molecule has 0 heterocycles. The van der Waals surface area contributed by atoms with Crippen molar-refractivity contribution >= 4 is 5.69 Å². The molecule has 0 aliphatic heterocycles. The minimum absolute atomic E-state index is 0.251. The second-order valence-corrected chi connectivity index (χ2v) is 8.53. The average molecular weight is 360 g/mol. The van der Waals surface area contributed by atoms with Crippen molar-refractivity contribution in [3.63, 3.8) is 0 Å². The van der Waals surface area contributed by atoms with E-state index in [4.69, 9.17) is 12.2 Å². The number of aryl methyl sites for hydroxylation is 1. The molecule has 0 saturated carbocycles. The summed E-state index contributed by atoms with van der Waals surface area (Å²) in [7, 11) is 0. The first-order valence-corrected chi connectivity index (χ1v) is 10.3. The predicted molar refractivity (Wildman–Crippen MR) is 117 cm³/mol. The molecule has 4 unspecified atom stereocenters. The fourth-order valence-electron chi connectivity index (χ4n) is 5.24. The topological polar surface area (TPSA) is 26.0 Å². The summed E-state index contributed by atoms with van der Waals surface area (Å²) in [5.74, 6) is 5.15. The lowest BCUT2D eigenvalue weighted by atomic mass is 9.69. The molecule has 1 heteroatoms. The second kappa shape index (κ2) is 7.81. The van der Waals surface area contributed by atoms with Crippen LogP contribution in [0.4, 0.5) is 5.69 Å². The van der Waals surface area contributed by atoms with Crippen LogP contribution in [-0.2, 0) is 0 Å². The average Bonchev–Trinajstić information content (AvgIpc) is 2.95. The smallest absolute Gasteiger partial charge is 0.0376 e. The fourth-order valence-corrected chi connectivity index (χ4v) is 5.24. The molecule has 2 aromatic carbocycles. The van der Waals surface area contributed by atoms with E-state index in [0.29, 0.717) is 23.7 Å². The van der Waals surface area contributed by atoms with E-state index < -0.39 is 0 Å². The molecule has 0 bridgehead atoms. The zero-order valence-corrected chi connectivity index (χ0v) is 17.4. The summed E-state index contributed by atoms with van der Waals surface area (Å²) in [6, 6.07) is 13.4. The van der Waals surface area contributed by atoms with Crippen molar-refractivity contribution in [3.05, 3.63) is 64.2 Å². The first-order valence-electron chi connectivity index (χ1n) is 10.3. The quantitative estimate of drug-likeness (QED) is 0.482. The molecule has 1 nitrogen and oxygen atoms in total. The highest BCUT2D eigenvalue weighted by Crippen LogP contribution is 2.56. The molecule has 0 fully saturated rings. The SMILES string of the molecule is C#CC(C(C)C)C1C(CCC)c2ccccc2C1c1ccc(C)c(N)c1C. The Hall–Kier alpha value is -2.20. The molecule has 2 aromatic rings. The Bertz CT molecular complexity index is 855. The van der Waals surface area contributed by atoms with Gasteiger partial charge in [0, 0.05) is 17.5 Å². The largest absolute Gasteiger partial charge is 0.398 e. The van der Waals surface area contributed by atoms with Gasteiger partial charge in [0.25, 0.3) is 0 Å². The van der Waals surface area contributed by atoms with Gasteiger partial charge in [0.1, 0.15) is 0 Å². The van der Waals surface area contributed by atoms with Crippen LogP contribution in [0.2, 0.25) is 0 Å². The molecule has 0 spiro atoms. The maximum atomic E-state index is 6.44. The molecule has 2 N–H and O–H groups in total. The number of anilines is 1. The third kappa shape index (κ3) is 3.27. The van der Waals surface area contributed by atoms with Crippen molar-refractivity contribution in [3.8, 4) is 12.3 Å². The molecular weight excluding hydrogens is 326 g/mol. The maximum absolute atomic E-state index is 6.44. The van der Waals surface area contributed by atoms with Gasteiger partial charge in [-0.2, -0.15) is 0 Å². The van der Waals surface area contributed by atoms with E-state index in [-0.39, 0.29) is 5.92 Å². The van der Waals surface area contributed by atoms with E-state index in [0.717, 1.165) is 11.3 Å². The van der Waals surface area contributed by atoms with Gasteiger partial charge in [-0.15, -0.1) is 12.3 Å². The van der Waals surface area contributed by atoms with Crippen molar-refractivity contribution in [2.75, 3.05) is 5.73 Å². The van der Waals surface area contributed by atoms with Crippen molar-refractivity contribution < 1.29 is 0 Å². The van der Waals surface area contributed by atoms with Crippen LogP contribution in [-0.4, -0.2) is 0 Å². The van der Waals surface area contributed by atoms with E-state index in [9.17, 15) is 0 Å². The van der Waals surface area contributed by atoms with Gasteiger partial charge in [-0.25, -0.2) is 0 Å². The number of terminal acetylenes is 1. The zero-order valence-electron chi connectivity index (χ0n) is 17.4. The highest BCUT2D eigenvalue weighted by molar-refractivity contribution is 5.60. The molecule has 27 heavy (non-hydrogen) atoms. The lowest BCUT2D eigenvalue weighted by molar-refractivity contribution is 0.262. The molecule has 1 aliphatic rings. The predicted octanol–water partition coefficient (Wildman–Crippen LogP) is 6.44. The van der Waals surface area contributed by atoms with Gasteiger partial charge in [-0.3, -0.25) is 0 Å². The van der Waals surface area contributed by atoms with Crippen molar-refractivity contribution in [1.82, 2.24) is 0 Å². The lowest BCUT2D eigenvalue weighted by Gasteiger charge is -2.34. The van der Waals surface area contributed by atoms with Crippen LogP contribution in [0.25, 0.3) is 0 Å². The molecule has 3 rings (SSSR count). The Labute approximate surface area is 165 Å². The summed E-state index contributed by atoms with van der Waals surface area (Å²) in [4.78, 5) is 0. The summed E-state index contributed by atoms with van der Waals surface area (Å²) in [5, 5.41) is 0. The Kier molecular flexibility index (Phi) is 5.66. The Balaban J connectivity index is 2.25. The van der Waals surface area contributed by atoms with Gasteiger partial charge in [0.05, 0.1) is 0 Å².